The fourth-order valence-electron chi connectivity index (χ4n) is 1.75. The van der Waals surface area contributed by atoms with E-state index in [1.807, 2.05) is 12.1 Å². The van der Waals surface area contributed by atoms with Crippen molar-refractivity contribution in [1.82, 2.24) is 4.90 Å². The minimum Gasteiger partial charge on any atom is -0.465 e. The van der Waals surface area contributed by atoms with Crippen molar-refractivity contribution in [3.8, 4) is 6.07 Å². The number of carbonyl (C=O) groups excluding carboxylic acids is 1. The lowest BCUT2D eigenvalue weighted by Gasteiger charge is -2.18. The zero-order chi connectivity index (χ0) is 13.4. The van der Waals surface area contributed by atoms with Crippen LogP contribution in [0, 0.1) is 11.3 Å². The highest BCUT2D eigenvalue weighted by molar-refractivity contribution is 5.89. The van der Waals surface area contributed by atoms with Crippen molar-refractivity contribution < 1.29 is 9.53 Å². The van der Waals surface area contributed by atoms with Crippen LogP contribution in [0.1, 0.15) is 29.3 Å². The Labute approximate surface area is 108 Å². The van der Waals surface area contributed by atoms with Gasteiger partial charge in [-0.05, 0) is 30.7 Å². The highest BCUT2D eigenvalue weighted by Gasteiger charge is 2.07. The van der Waals surface area contributed by atoms with Gasteiger partial charge in [-0.25, -0.2) is 4.79 Å². The maximum absolute atomic E-state index is 11.3. The molecule has 0 aliphatic heterocycles. The summed E-state index contributed by atoms with van der Waals surface area (Å²) < 4.78 is 4.64. The van der Waals surface area contributed by atoms with E-state index in [1.54, 1.807) is 12.1 Å². The summed E-state index contributed by atoms with van der Waals surface area (Å²) in [6.45, 7) is 4.13. The molecule has 0 aliphatic rings. The van der Waals surface area contributed by atoms with Gasteiger partial charge in [-0.3, -0.25) is 4.90 Å². The summed E-state index contributed by atoms with van der Waals surface area (Å²) in [5.74, 6) is -0.330. The Balaban J connectivity index is 2.67. The Bertz CT molecular complexity index is 420. The van der Waals surface area contributed by atoms with Crippen LogP contribution in [0.2, 0.25) is 0 Å². The van der Waals surface area contributed by atoms with Crippen molar-refractivity contribution in [2.45, 2.75) is 19.9 Å². The molecule has 0 N–H and O–H groups in total. The fraction of sp³-hybridized carbons (Fsp3) is 0.429. The Morgan fingerprint density at radius 1 is 1.39 bits per heavy atom. The van der Waals surface area contributed by atoms with Gasteiger partial charge in [0.2, 0.25) is 0 Å². The van der Waals surface area contributed by atoms with Gasteiger partial charge in [0.05, 0.1) is 25.3 Å². The Morgan fingerprint density at radius 3 is 2.56 bits per heavy atom. The first-order chi connectivity index (χ1) is 8.71. The summed E-state index contributed by atoms with van der Waals surface area (Å²) in [5.41, 5.74) is 1.63. The molecule has 0 saturated carbocycles. The summed E-state index contributed by atoms with van der Waals surface area (Å²) in [7, 11) is 1.37. The first-order valence-electron chi connectivity index (χ1n) is 5.97. The number of rotatable bonds is 6. The highest BCUT2D eigenvalue weighted by Crippen LogP contribution is 2.08. The molecule has 0 heterocycles. The molecule has 18 heavy (non-hydrogen) atoms. The molecule has 4 heteroatoms. The molecule has 0 saturated heterocycles. The van der Waals surface area contributed by atoms with Crippen molar-refractivity contribution in [1.29, 1.82) is 5.26 Å². The molecule has 4 nitrogen and oxygen atoms in total. The van der Waals surface area contributed by atoms with E-state index in [-0.39, 0.29) is 5.97 Å². The lowest BCUT2D eigenvalue weighted by atomic mass is 10.1. The number of hydrogen-bond donors (Lipinski definition) is 0. The summed E-state index contributed by atoms with van der Waals surface area (Å²) in [5, 5.41) is 8.74. The second kappa shape index (κ2) is 7.46. The van der Waals surface area contributed by atoms with Crippen LogP contribution >= 0.6 is 0 Å². The monoisotopic (exact) mass is 246 g/mol. The second-order valence-electron chi connectivity index (χ2n) is 4.06. The van der Waals surface area contributed by atoms with Gasteiger partial charge in [-0.1, -0.05) is 19.1 Å². The van der Waals surface area contributed by atoms with Gasteiger partial charge in [-0.2, -0.15) is 5.26 Å². The lowest BCUT2D eigenvalue weighted by molar-refractivity contribution is 0.0600. The maximum atomic E-state index is 11.3. The SMILES string of the molecule is CCCN(CC#N)Cc1ccc(C(=O)OC)cc1. The van der Waals surface area contributed by atoms with Crippen molar-refractivity contribution in [3.05, 3.63) is 35.4 Å². The van der Waals surface area contributed by atoms with E-state index in [9.17, 15) is 4.79 Å². The number of esters is 1. The number of nitrogens with zero attached hydrogens (tertiary/aromatic N) is 2. The predicted octanol–water partition coefficient (Wildman–Crippen LogP) is 2.21. The number of ether oxygens (including phenoxy) is 1. The largest absolute Gasteiger partial charge is 0.465 e. The molecule has 1 aromatic rings. The second-order valence-corrected chi connectivity index (χ2v) is 4.06. The number of methoxy groups -OCH3 is 1. The number of nitriles is 1. The van der Waals surface area contributed by atoms with Gasteiger partial charge in [0, 0.05) is 6.54 Å². The standard InChI is InChI=1S/C14H18N2O2/c1-3-9-16(10-8-15)11-12-4-6-13(7-5-12)14(17)18-2/h4-7H,3,9-11H2,1-2H3. The molecular weight excluding hydrogens is 228 g/mol. The smallest absolute Gasteiger partial charge is 0.337 e. The van der Waals surface area contributed by atoms with Crippen molar-refractivity contribution in [2.75, 3.05) is 20.2 Å². The Hall–Kier alpha value is -1.86. The highest BCUT2D eigenvalue weighted by atomic mass is 16.5. The molecule has 0 bridgehead atoms. The van der Waals surface area contributed by atoms with Crippen LogP contribution in [0.4, 0.5) is 0 Å². The lowest BCUT2D eigenvalue weighted by Crippen LogP contribution is -2.24. The average molecular weight is 246 g/mol. The zero-order valence-electron chi connectivity index (χ0n) is 10.8. The van der Waals surface area contributed by atoms with E-state index < -0.39 is 0 Å². The normalized spacial score (nSPS) is 10.1. The number of hydrogen-bond acceptors (Lipinski definition) is 4. The molecule has 0 unspecified atom stereocenters. The van der Waals surface area contributed by atoms with Crippen LogP contribution in [-0.2, 0) is 11.3 Å². The Kier molecular flexibility index (Phi) is 5.89. The molecule has 0 atom stereocenters. The minimum absolute atomic E-state index is 0.330. The van der Waals surface area contributed by atoms with Crippen molar-refractivity contribution in [3.63, 3.8) is 0 Å². The van der Waals surface area contributed by atoms with Crippen LogP contribution in [0.3, 0.4) is 0 Å². The van der Waals surface area contributed by atoms with Crippen LogP contribution in [0.15, 0.2) is 24.3 Å². The van der Waals surface area contributed by atoms with Gasteiger partial charge in [0.15, 0.2) is 0 Å². The van der Waals surface area contributed by atoms with E-state index >= 15 is 0 Å². The molecule has 96 valence electrons. The van der Waals surface area contributed by atoms with Gasteiger partial charge in [-0.15, -0.1) is 0 Å². The summed E-state index contributed by atoms with van der Waals surface area (Å²) in [4.78, 5) is 13.4. The quantitative estimate of drug-likeness (QED) is 0.570. The summed E-state index contributed by atoms with van der Waals surface area (Å²) in [6, 6.07) is 9.45. The Morgan fingerprint density at radius 2 is 2.06 bits per heavy atom. The number of carbonyl (C=O) groups is 1. The molecule has 1 aromatic carbocycles. The topological polar surface area (TPSA) is 53.3 Å². The average Bonchev–Trinajstić information content (AvgIpc) is 2.39. The van der Waals surface area contributed by atoms with Crippen molar-refractivity contribution >= 4 is 5.97 Å². The van der Waals surface area contributed by atoms with E-state index in [1.165, 1.54) is 7.11 Å². The summed E-state index contributed by atoms with van der Waals surface area (Å²) in [6.07, 6.45) is 1.02. The summed E-state index contributed by atoms with van der Waals surface area (Å²) >= 11 is 0. The van der Waals surface area contributed by atoms with Crippen LogP contribution in [-0.4, -0.2) is 31.1 Å². The number of benzene rings is 1. The van der Waals surface area contributed by atoms with Crippen LogP contribution < -0.4 is 0 Å². The predicted molar refractivity (Wildman–Crippen MR) is 69.0 cm³/mol. The van der Waals surface area contributed by atoms with Crippen LogP contribution in [0.25, 0.3) is 0 Å². The molecule has 0 aromatic heterocycles. The third kappa shape index (κ3) is 4.19. The fourth-order valence-corrected chi connectivity index (χ4v) is 1.75. The molecule has 0 fully saturated rings. The molecule has 0 aliphatic carbocycles. The van der Waals surface area contributed by atoms with E-state index in [4.69, 9.17) is 5.26 Å². The van der Waals surface area contributed by atoms with Gasteiger partial charge in [0.25, 0.3) is 0 Å². The van der Waals surface area contributed by atoms with Gasteiger partial charge < -0.3 is 4.74 Å². The van der Waals surface area contributed by atoms with E-state index in [0.29, 0.717) is 12.1 Å². The molecular formula is C14H18N2O2. The molecule has 0 spiro atoms. The first kappa shape index (κ1) is 14.2. The first-order valence-corrected chi connectivity index (χ1v) is 5.97. The van der Waals surface area contributed by atoms with Gasteiger partial charge >= 0.3 is 5.97 Å². The van der Waals surface area contributed by atoms with E-state index in [2.05, 4.69) is 22.6 Å². The van der Waals surface area contributed by atoms with E-state index in [0.717, 1.165) is 25.1 Å². The molecule has 1 rings (SSSR count). The van der Waals surface area contributed by atoms with Crippen LogP contribution in [0.5, 0.6) is 0 Å². The third-order valence-corrected chi connectivity index (χ3v) is 2.62. The third-order valence-electron chi connectivity index (χ3n) is 2.62. The molecule has 0 amide bonds. The zero-order valence-corrected chi connectivity index (χ0v) is 10.8. The van der Waals surface area contributed by atoms with Gasteiger partial charge in [0.1, 0.15) is 0 Å². The molecule has 0 radical (unpaired) electrons. The minimum atomic E-state index is -0.330. The van der Waals surface area contributed by atoms with Crippen molar-refractivity contribution in [2.24, 2.45) is 0 Å². The maximum Gasteiger partial charge on any atom is 0.337 e.